The van der Waals surface area contributed by atoms with Gasteiger partial charge in [-0.1, -0.05) is 0 Å². The van der Waals surface area contributed by atoms with Crippen molar-refractivity contribution in [3.8, 4) is 0 Å². The van der Waals surface area contributed by atoms with E-state index in [9.17, 15) is 4.79 Å². The van der Waals surface area contributed by atoms with E-state index in [1.165, 1.54) is 0 Å². The summed E-state index contributed by atoms with van der Waals surface area (Å²) in [5.74, 6) is 0. The predicted molar refractivity (Wildman–Crippen MR) is 70.6 cm³/mol. The molecule has 18 heavy (non-hydrogen) atoms. The van der Waals surface area contributed by atoms with Crippen LogP contribution in [0.5, 0.6) is 0 Å². The van der Waals surface area contributed by atoms with Gasteiger partial charge in [0, 0.05) is 18.1 Å². The lowest BCUT2D eigenvalue weighted by atomic mass is 10.2. The van der Waals surface area contributed by atoms with Crippen molar-refractivity contribution in [1.29, 1.82) is 0 Å². The van der Waals surface area contributed by atoms with Crippen molar-refractivity contribution in [3.05, 3.63) is 24.4 Å². The Hall–Kier alpha value is -2.04. The fraction of sp³-hybridized carbons (Fsp3) is 0.385. The molecular weight excluding hydrogens is 230 g/mol. The van der Waals surface area contributed by atoms with Gasteiger partial charge in [-0.15, -0.1) is 0 Å². The van der Waals surface area contributed by atoms with Gasteiger partial charge >= 0.3 is 6.09 Å². The Morgan fingerprint density at radius 1 is 1.39 bits per heavy atom. The molecule has 1 heterocycles. The maximum Gasteiger partial charge on any atom is 0.412 e. The number of rotatable bonds is 1. The van der Waals surface area contributed by atoms with Crippen molar-refractivity contribution < 1.29 is 9.53 Å². The van der Waals surface area contributed by atoms with Gasteiger partial charge in [0.1, 0.15) is 5.60 Å². The molecule has 1 aromatic heterocycles. The average Bonchev–Trinajstić information content (AvgIpc) is 2.57. The molecule has 5 heteroatoms. The normalized spacial score (nSPS) is 11.6. The number of carbonyl (C=O) groups is 1. The molecule has 0 spiro atoms. The van der Waals surface area contributed by atoms with E-state index < -0.39 is 11.7 Å². The Bertz CT molecular complexity index is 581. The van der Waals surface area contributed by atoms with E-state index in [4.69, 9.17) is 4.74 Å². The zero-order valence-electron chi connectivity index (χ0n) is 11.0. The molecule has 2 rings (SSSR count). The van der Waals surface area contributed by atoms with Gasteiger partial charge in [0.15, 0.2) is 0 Å². The zero-order valence-corrected chi connectivity index (χ0v) is 11.0. The molecule has 1 N–H and O–H groups in total. The van der Waals surface area contributed by atoms with Crippen molar-refractivity contribution in [2.24, 2.45) is 7.05 Å². The molecule has 5 nitrogen and oxygen atoms in total. The molecule has 96 valence electrons. The van der Waals surface area contributed by atoms with Crippen LogP contribution < -0.4 is 5.32 Å². The number of nitrogens with zero attached hydrogens (tertiary/aromatic N) is 2. The Labute approximate surface area is 106 Å². The summed E-state index contributed by atoms with van der Waals surface area (Å²) in [6.45, 7) is 5.49. The Morgan fingerprint density at radius 3 is 2.78 bits per heavy atom. The first-order valence-electron chi connectivity index (χ1n) is 5.77. The molecule has 0 bridgehead atoms. The molecule has 0 aliphatic heterocycles. The highest BCUT2D eigenvalue weighted by Crippen LogP contribution is 2.19. The molecule has 0 saturated heterocycles. The van der Waals surface area contributed by atoms with Crippen molar-refractivity contribution in [3.63, 3.8) is 0 Å². The number of hydrogen-bond donors (Lipinski definition) is 1. The largest absolute Gasteiger partial charge is 0.444 e. The third kappa shape index (κ3) is 2.80. The fourth-order valence-electron chi connectivity index (χ4n) is 1.66. The van der Waals surface area contributed by atoms with Gasteiger partial charge < -0.3 is 4.74 Å². The standard InChI is InChI=1S/C13H17N3O2/c1-13(2,3)18-12(17)15-10-5-6-11-9(7-10)8-14-16(11)4/h5-8H,1-4H3,(H,15,17). The minimum Gasteiger partial charge on any atom is -0.444 e. The molecule has 1 amide bonds. The van der Waals surface area contributed by atoms with E-state index in [0.717, 1.165) is 10.9 Å². The summed E-state index contributed by atoms with van der Waals surface area (Å²) in [5, 5.41) is 7.83. The van der Waals surface area contributed by atoms with Gasteiger partial charge in [0.25, 0.3) is 0 Å². The first-order valence-corrected chi connectivity index (χ1v) is 5.77. The summed E-state index contributed by atoms with van der Waals surface area (Å²) >= 11 is 0. The molecule has 0 aliphatic carbocycles. The number of fused-ring (bicyclic) bond motifs is 1. The third-order valence-electron chi connectivity index (χ3n) is 2.39. The first-order chi connectivity index (χ1) is 8.35. The second-order valence-corrected chi connectivity index (χ2v) is 5.17. The fourth-order valence-corrected chi connectivity index (χ4v) is 1.66. The van der Waals surface area contributed by atoms with Gasteiger partial charge in [0.2, 0.25) is 0 Å². The second kappa shape index (κ2) is 4.33. The highest BCUT2D eigenvalue weighted by atomic mass is 16.6. The molecular formula is C13H17N3O2. The third-order valence-corrected chi connectivity index (χ3v) is 2.39. The smallest absolute Gasteiger partial charge is 0.412 e. The van der Waals surface area contributed by atoms with Crippen molar-refractivity contribution in [1.82, 2.24) is 9.78 Å². The SMILES string of the molecule is Cn1ncc2cc(NC(=O)OC(C)(C)C)ccc21. The number of amides is 1. The van der Waals surface area contributed by atoms with Gasteiger partial charge in [-0.05, 0) is 39.0 Å². The monoisotopic (exact) mass is 247 g/mol. The first kappa shape index (κ1) is 12.4. The lowest BCUT2D eigenvalue weighted by Crippen LogP contribution is -2.27. The lowest BCUT2D eigenvalue weighted by molar-refractivity contribution is 0.0636. The van der Waals surface area contributed by atoms with Crippen LogP contribution in [0.4, 0.5) is 10.5 Å². The van der Waals surface area contributed by atoms with Crippen molar-refractivity contribution in [2.45, 2.75) is 26.4 Å². The van der Waals surface area contributed by atoms with Crippen molar-refractivity contribution in [2.75, 3.05) is 5.32 Å². The van der Waals surface area contributed by atoms with Crippen LogP contribution in [0, 0.1) is 0 Å². The summed E-state index contributed by atoms with van der Waals surface area (Å²) in [5.41, 5.74) is 1.22. The number of benzene rings is 1. The Morgan fingerprint density at radius 2 is 2.11 bits per heavy atom. The summed E-state index contributed by atoms with van der Waals surface area (Å²) in [6.07, 6.45) is 1.31. The van der Waals surface area contributed by atoms with Crippen LogP contribution in [-0.2, 0) is 11.8 Å². The second-order valence-electron chi connectivity index (χ2n) is 5.17. The number of anilines is 1. The maximum atomic E-state index is 11.6. The molecule has 0 unspecified atom stereocenters. The van der Waals surface area contributed by atoms with E-state index >= 15 is 0 Å². The molecule has 0 aliphatic rings. The van der Waals surface area contributed by atoms with Gasteiger partial charge in [0.05, 0.1) is 11.7 Å². The van der Waals surface area contributed by atoms with Crippen LogP contribution in [-0.4, -0.2) is 21.5 Å². The topological polar surface area (TPSA) is 56.2 Å². The predicted octanol–water partition coefficient (Wildman–Crippen LogP) is 2.92. The van der Waals surface area contributed by atoms with E-state index in [1.807, 2.05) is 46.0 Å². The highest BCUT2D eigenvalue weighted by molar-refractivity contribution is 5.89. The number of ether oxygens (including phenoxy) is 1. The van der Waals surface area contributed by atoms with Crippen molar-refractivity contribution >= 4 is 22.7 Å². The van der Waals surface area contributed by atoms with E-state index in [-0.39, 0.29) is 0 Å². The average molecular weight is 247 g/mol. The number of carbonyl (C=O) groups excluding carboxylic acids is 1. The molecule has 0 atom stereocenters. The van der Waals surface area contributed by atoms with Crippen LogP contribution in [0.1, 0.15) is 20.8 Å². The summed E-state index contributed by atoms with van der Waals surface area (Å²) in [4.78, 5) is 11.6. The quantitative estimate of drug-likeness (QED) is 0.843. The molecule has 1 aromatic carbocycles. The van der Waals surface area contributed by atoms with Crippen LogP contribution in [0.2, 0.25) is 0 Å². The summed E-state index contributed by atoms with van der Waals surface area (Å²) < 4.78 is 6.97. The minimum absolute atomic E-state index is 0.453. The molecule has 0 saturated carbocycles. The number of aryl methyl sites for hydroxylation is 1. The number of nitrogens with one attached hydrogen (secondary N) is 1. The van der Waals surface area contributed by atoms with E-state index in [0.29, 0.717) is 5.69 Å². The lowest BCUT2D eigenvalue weighted by Gasteiger charge is -2.19. The van der Waals surface area contributed by atoms with Crippen LogP contribution in [0.25, 0.3) is 10.9 Å². The number of aromatic nitrogens is 2. The Balaban J connectivity index is 2.15. The molecule has 2 aromatic rings. The zero-order chi connectivity index (χ0) is 13.3. The molecule has 0 radical (unpaired) electrons. The summed E-state index contributed by atoms with van der Waals surface area (Å²) in [6, 6.07) is 5.61. The Kier molecular flexibility index (Phi) is 2.98. The van der Waals surface area contributed by atoms with E-state index in [2.05, 4.69) is 10.4 Å². The van der Waals surface area contributed by atoms with E-state index in [1.54, 1.807) is 10.9 Å². The highest BCUT2D eigenvalue weighted by Gasteiger charge is 2.16. The maximum absolute atomic E-state index is 11.6. The van der Waals surface area contributed by atoms with Gasteiger partial charge in [-0.2, -0.15) is 5.10 Å². The summed E-state index contributed by atoms with van der Waals surface area (Å²) in [7, 11) is 1.88. The van der Waals surface area contributed by atoms with Crippen LogP contribution in [0.3, 0.4) is 0 Å². The molecule has 0 fully saturated rings. The van der Waals surface area contributed by atoms with Gasteiger partial charge in [-0.25, -0.2) is 4.79 Å². The van der Waals surface area contributed by atoms with Crippen LogP contribution >= 0.6 is 0 Å². The van der Waals surface area contributed by atoms with Crippen LogP contribution in [0.15, 0.2) is 24.4 Å². The van der Waals surface area contributed by atoms with Gasteiger partial charge in [-0.3, -0.25) is 10.00 Å². The minimum atomic E-state index is -0.498. The number of hydrogen-bond acceptors (Lipinski definition) is 3.